The molecule has 1 aromatic heterocycles. The summed E-state index contributed by atoms with van der Waals surface area (Å²) in [6.07, 6.45) is 2.67. The molecule has 0 radical (unpaired) electrons. The Balaban J connectivity index is 1.97. The van der Waals surface area contributed by atoms with Crippen molar-refractivity contribution in [2.24, 2.45) is 4.99 Å². The molecular weight excluding hydrogens is 292 g/mol. The number of thioether (sulfide) groups is 1. The van der Waals surface area contributed by atoms with Crippen molar-refractivity contribution in [3.63, 3.8) is 0 Å². The fourth-order valence-corrected chi connectivity index (χ4v) is 3.71. The van der Waals surface area contributed by atoms with Gasteiger partial charge in [-0.3, -0.25) is 4.99 Å². The molecule has 0 fully saturated rings. The van der Waals surface area contributed by atoms with E-state index in [0.29, 0.717) is 6.54 Å². The molecule has 1 amide bonds. The summed E-state index contributed by atoms with van der Waals surface area (Å²) in [7, 11) is 0. The Kier molecular flexibility index (Phi) is 4.75. The minimum Gasteiger partial charge on any atom is -0.444 e. The van der Waals surface area contributed by atoms with Crippen molar-refractivity contribution in [3.8, 4) is 0 Å². The quantitative estimate of drug-likeness (QED) is 0.910. The SMILES string of the molecule is CSC1=NCCc2sc(CNC(=O)OC(C)(C)C)cc21. The smallest absolute Gasteiger partial charge is 0.407 e. The minimum absolute atomic E-state index is 0.373. The van der Waals surface area contributed by atoms with Gasteiger partial charge in [-0.15, -0.1) is 23.1 Å². The van der Waals surface area contributed by atoms with Crippen molar-refractivity contribution < 1.29 is 9.53 Å². The second-order valence-corrected chi connectivity index (χ2v) is 7.56. The van der Waals surface area contributed by atoms with E-state index < -0.39 is 5.60 Å². The van der Waals surface area contributed by atoms with Gasteiger partial charge in [0.05, 0.1) is 11.6 Å². The summed E-state index contributed by atoms with van der Waals surface area (Å²) in [5.41, 5.74) is 0.770. The molecule has 0 saturated carbocycles. The molecule has 1 aliphatic rings. The Morgan fingerprint density at radius 2 is 2.30 bits per heavy atom. The number of amides is 1. The summed E-state index contributed by atoms with van der Waals surface area (Å²) in [6, 6.07) is 2.13. The van der Waals surface area contributed by atoms with Crippen LogP contribution >= 0.6 is 23.1 Å². The van der Waals surface area contributed by atoms with E-state index in [1.807, 2.05) is 27.0 Å². The number of carbonyl (C=O) groups is 1. The van der Waals surface area contributed by atoms with Crippen molar-refractivity contribution in [3.05, 3.63) is 21.4 Å². The maximum Gasteiger partial charge on any atom is 0.407 e. The maximum atomic E-state index is 11.6. The summed E-state index contributed by atoms with van der Waals surface area (Å²) in [4.78, 5) is 18.7. The molecule has 0 aliphatic carbocycles. The van der Waals surface area contributed by atoms with Crippen LogP contribution in [0.25, 0.3) is 0 Å². The summed E-state index contributed by atoms with van der Waals surface area (Å²) < 4.78 is 5.23. The standard InChI is InChI=1S/C14H20N2O2S2/c1-14(2,3)18-13(17)16-8-9-7-10-11(20-9)5-6-15-12(10)19-4/h7H,5-6,8H2,1-4H3,(H,16,17). The first-order chi connectivity index (χ1) is 9.39. The van der Waals surface area contributed by atoms with Gasteiger partial charge in [-0.05, 0) is 33.1 Å². The van der Waals surface area contributed by atoms with E-state index in [2.05, 4.69) is 16.4 Å². The lowest BCUT2D eigenvalue weighted by atomic mass is 10.2. The minimum atomic E-state index is -0.461. The Bertz CT molecular complexity index is 530. The highest BCUT2D eigenvalue weighted by Gasteiger charge is 2.19. The molecule has 0 atom stereocenters. The topological polar surface area (TPSA) is 50.7 Å². The van der Waals surface area contributed by atoms with E-state index in [4.69, 9.17) is 4.74 Å². The Labute approximate surface area is 128 Å². The van der Waals surface area contributed by atoms with Gasteiger partial charge in [0.25, 0.3) is 0 Å². The number of aliphatic imine (C=N–C) groups is 1. The number of nitrogens with zero attached hydrogens (tertiary/aromatic N) is 1. The third kappa shape index (κ3) is 3.99. The van der Waals surface area contributed by atoms with E-state index in [1.165, 1.54) is 10.4 Å². The van der Waals surface area contributed by atoms with E-state index >= 15 is 0 Å². The molecule has 1 aromatic rings. The molecule has 2 heterocycles. The summed E-state index contributed by atoms with van der Waals surface area (Å²) >= 11 is 3.43. The molecule has 0 bridgehead atoms. The molecule has 1 N–H and O–H groups in total. The number of hydrogen-bond donors (Lipinski definition) is 1. The molecule has 4 nitrogen and oxygen atoms in total. The highest BCUT2D eigenvalue weighted by molar-refractivity contribution is 8.13. The van der Waals surface area contributed by atoms with Crippen molar-refractivity contribution in [2.45, 2.75) is 39.3 Å². The number of nitrogens with one attached hydrogen (secondary N) is 1. The van der Waals surface area contributed by atoms with Crippen LogP contribution < -0.4 is 5.32 Å². The third-order valence-electron chi connectivity index (χ3n) is 2.68. The number of hydrogen-bond acceptors (Lipinski definition) is 5. The molecule has 20 heavy (non-hydrogen) atoms. The predicted molar refractivity (Wildman–Crippen MR) is 86.0 cm³/mol. The van der Waals surface area contributed by atoms with Crippen LogP contribution in [0.15, 0.2) is 11.1 Å². The van der Waals surface area contributed by atoms with Crippen molar-refractivity contribution in [1.82, 2.24) is 5.32 Å². The zero-order valence-electron chi connectivity index (χ0n) is 12.3. The monoisotopic (exact) mass is 312 g/mol. The van der Waals surface area contributed by atoms with E-state index in [9.17, 15) is 4.79 Å². The average Bonchev–Trinajstić information content (AvgIpc) is 2.76. The van der Waals surface area contributed by atoms with E-state index in [0.717, 1.165) is 22.9 Å². The van der Waals surface area contributed by atoms with E-state index in [-0.39, 0.29) is 6.09 Å². The molecule has 0 spiro atoms. The van der Waals surface area contributed by atoms with Crippen molar-refractivity contribution in [2.75, 3.05) is 12.8 Å². The van der Waals surface area contributed by atoms with Crippen LogP contribution in [0.4, 0.5) is 4.79 Å². The maximum absolute atomic E-state index is 11.6. The van der Waals surface area contributed by atoms with Crippen molar-refractivity contribution in [1.29, 1.82) is 0 Å². The van der Waals surface area contributed by atoms with Gasteiger partial charge in [0.2, 0.25) is 0 Å². The van der Waals surface area contributed by atoms with Gasteiger partial charge in [-0.2, -0.15) is 0 Å². The Hall–Kier alpha value is -1.01. The van der Waals surface area contributed by atoms with Gasteiger partial charge in [-0.25, -0.2) is 4.79 Å². The number of thiophene rings is 1. The summed E-state index contributed by atoms with van der Waals surface area (Å²) in [5.74, 6) is 0. The fourth-order valence-electron chi connectivity index (χ4n) is 1.93. The van der Waals surface area contributed by atoms with E-state index in [1.54, 1.807) is 23.1 Å². The van der Waals surface area contributed by atoms with Gasteiger partial charge in [0.15, 0.2) is 0 Å². The van der Waals surface area contributed by atoms with Gasteiger partial charge >= 0.3 is 6.09 Å². The summed E-state index contributed by atoms with van der Waals surface area (Å²) in [5, 5.41) is 3.90. The first-order valence-corrected chi connectivity index (χ1v) is 8.60. The summed E-state index contributed by atoms with van der Waals surface area (Å²) in [6.45, 7) is 6.95. The van der Waals surface area contributed by atoms with Crippen molar-refractivity contribution >= 4 is 34.2 Å². The van der Waals surface area contributed by atoms with Crippen LogP contribution in [0.2, 0.25) is 0 Å². The average molecular weight is 312 g/mol. The number of alkyl carbamates (subject to hydrolysis) is 1. The first-order valence-electron chi connectivity index (χ1n) is 6.56. The molecule has 0 saturated heterocycles. The fraction of sp³-hybridized carbons (Fsp3) is 0.571. The highest BCUT2D eigenvalue weighted by atomic mass is 32.2. The van der Waals surface area contributed by atoms with Crippen LogP contribution in [0, 0.1) is 0 Å². The number of fused-ring (bicyclic) bond motifs is 1. The second kappa shape index (κ2) is 6.18. The van der Waals surface area contributed by atoms with Gasteiger partial charge < -0.3 is 10.1 Å². The van der Waals surface area contributed by atoms with Gasteiger partial charge in [0, 0.05) is 28.3 Å². The molecule has 2 rings (SSSR count). The lowest BCUT2D eigenvalue weighted by Gasteiger charge is -2.19. The molecule has 0 aromatic carbocycles. The van der Waals surface area contributed by atoms with Crippen LogP contribution in [0.5, 0.6) is 0 Å². The number of carbonyl (C=O) groups excluding carboxylic acids is 1. The zero-order chi connectivity index (χ0) is 14.8. The molecule has 1 aliphatic heterocycles. The van der Waals surface area contributed by atoms with Crippen LogP contribution in [-0.2, 0) is 17.7 Å². The van der Waals surface area contributed by atoms with Crippen LogP contribution in [0.1, 0.15) is 36.1 Å². The third-order valence-corrected chi connectivity index (χ3v) is 4.61. The largest absolute Gasteiger partial charge is 0.444 e. The molecule has 0 unspecified atom stereocenters. The molecule has 110 valence electrons. The normalized spacial score (nSPS) is 14.5. The van der Waals surface area contributed by atoms with Gasteiger partial charge in [-0.1, -0.05) is 0 Å². The second-order valence-electron chi connectivity index (χ2n) is 5.55. The number of rotatable bonds is 2. The molecule has 6 heteroatoms. The van der Waals surface area contributed by atoms with Gasteiger partial charge in [0.1, 0.15) is 5.60 Å². The Morgan fingerprint density at radius 1 is 1.55 bits per heavy atom. The predicted octanol–water partition coefficient (Wildman–Crippen LogP) is 3.44. The Morgan fingerprint density at radius 3 is 2.95 bits per heavy atom. The molecular formula is C14H20N2O2S2. The van der Waals surface area contributed by atoms with Crippen LogP contribution in [0.3, 0.4) is 0 Å². The highest BCUT2D eigenvalue weighted by Crippen LogP contribution is 2.29. The lowest BCUT2D eigenvalue weighted by Crippen LogP contribution is -2.31. The zero-order valence-corrected chi connectivity index (χ0v) is 13.9. The lowest BCUT2D eigenvalue weighted by molar-refractivity contribution is 0.0524. The number of ether oxygens (including phenoxy) is 1. The van der Waals surface area contributed by atoms with Crippen LogP contribution in [-0.4, -0.2) is 29.5 Å². The first kappa shape index (κ1) is 15.4.